The van der Waals surface area contributed by atoms with Crippen LogP contribution >= 0.6 is 11.6 Å². The minimum absolute atomic E-state index is 0.363. The van der Waals surface area contributed by atoms with Crippen LogP contribution in [-0.2, 0) is 0 Å². The molecule has 2 radical (unpaired) electrons. The third kappa shape index (κ3) is 4.86. The maximum Gasteiger partial charge on any atom is 0.150 e. The second-order valence-electron chi connectivity index (χ2n) is 7.90. The smallest absolute Gasteiger partial charge is 0.150 e. The molecule has 31 heavy (non-hydrogen) atoms. The number of hydrogen-bond acceptors (Lipinski definition) is 4. The molecule has 1 aliphatic rings. The van der Waals surface area contributed by atoms with Crippen molar-refractivity contribution in [1.29, 1.82) is 0 Å². The molecule has 158 valence electrons. The van der Waals surface area contributed by atoms with Gasteiger partial charge in [0.1, 0.15) is 13.7 Å². The lowest BCUT2D eigenvalue weighted by molar-refractivity contribution is 0.236. The predicted octanol–water partition coefficient (Wildman–Crippen LogP) is 4.24. The number of benzene rings is 1. The van der Waals surface area contributed by atoms with Crippen LogP contribution < -0.4 is 10.8 Å². The van der Waals surface area contributed by atoms with Crippen molar-refractivity contribution >= 4 is 36.4 Å². The minimum atomic E-state index is 0.363. The zero-order chi connectivity index (χ0) is 21.8. The number of halogens is 1. The summed E-state index contributed by atoms with van der Waals surface area (Å²) < 4.78 is 1.78. The molecule has 1 saturated heterocycles. The highest BCUT2D eigenvalue weighted by atomic mass is 35.5. The fourth-order valence-corrected chi connectivity index (χ4v) is 4.28. The molecule has 0 unspecified atom stereocenters. The molecule has 1 fully saturated rings. The Bertz CT molecular complexity index is 1110. The van der Waals surface area contributed by atoms with E-state index in [1.54, 1.807) is 10.7 Å². The molecule has 3 heterocycles. The number of nitrogens with one attached hydrogen (secondary N) is 1. The molecule has 0 amide bonds. The molecule has 2 aromatic heterocycles. The average molecular weight is 432 g/mol. The first-order chi connectivity index (χ1) is 15.1. The Labute approximate surface area is 190 Å². The van der Waals surface area contributed by atoms with Crippen molar-refractivity contribution in [3.8, 4) is 11.3 Å². The quantitative estimate of drug-likeness (QED) is 0.468. The summed E-state index contributed by atoms with van der Waals surface area (Å²) in [4.78, 5) is 7.23. The van der Waals surface area contributed by atoms with Gasteiger partial charge in [-0.25, -0.2) is 4.98 Å². The molecule has 0 spiro atoms. The zero-order valence-electron chi connectivity index (χ0n) is 18.1. The van der Waals surface area contributed by atoms with Crippen molar-refractivity contribution in [3.63, 3.8) is 0 Å². The Hall–Kier alpha value is -2.57. The Morgan fingerprint density at radius 2 is 2.03 bits per heavy atom. The monoisotopic (exact) mass is 431 g/mol. The Morgan fingerprint density at radius 3 is 2.74 bits per heavy atom. The van der Waals surface area contributed by atoms with Gasteiger partial charge in [-0.05, 0) is 43.8 Å². The third-order valence-electron chi connectivity index (χ3n) is 5.75. The lowest BCUT2D eigenvalue weighted by atomic mass is 10.0. The largest absolute Gasteiger partial charge is 0.367 e. The highest BCUT2D eigenvalue weighted by molar-refractivity contribution is 6.36. The molecule has 5 nitrogen and oxygen atoms in total. The normalized spacial score (nSPS) is 16.4. The van der Waals surface area contributed by atoms with Gasteiger partial charge < -0.3 is 5.32 Å². The van der Waals surface area contributed by atoms with Gasteiger partial charge in [0.15, 0.2) is 5.65 Å². The fourth-order valence-electron chi connectivity index (χ4n) is 4.05. The Kier molecular flexibility index (Phi) is 6.78. The Balaban J connectivity index is 1.53. The number of anilines is 1. The van der Waals surface area contributed by atoms with Crippen LogP contribution in [0, 0.1) is 0 Å². The molecule has 0 aliphatic carbocycles. The molecular weight excluding hydrogens is 405 g/mol. The summed E-state index contributed by atoms with van der Waals surface area (Å²) in [7, 11) is 6.14. The van der Waals surface area contributed by atoms with E-state index in [1.165, 1.54) is 5.57 Å². The topological polar surface area (TPSA) is 45.5 Å². The van der Waals surface area contributed by atoms with Gasteiger partial charge in [0, 0.05) is 48.5 Å². The second-order valence-corrected chi connectivity index (χ2v) is 8.31. The van der Waals surface area contributed by atoms with Gasteiger partial charge >= 0.3 is 0 Å². The standard InChI is InChI=1S/C24H27BClN5/c1-3-7-17(4-2)16-30-12-10-18(11-13-30)28-23-14-22(19-8-5-6-9-21(19)26)29-24-20(25)15-27-31(23)24/h3-9,14-15,18,28H,10-13,16H2,1-2H3/b7-3-,17-4+. The molecule has 1 aliphatic heterocycles. The first-order valence-corrected chi connectivity index (χ1v) is 11.1. The summed E-state index contributed by atoms with van der Waals surface area (Å²) >= 11 is 6.43. The highest BCUT2D eigenvalue weighted by Gasteiger charge is 2.21. The van der Waals surface area contributed by atoms with E-state index in [0.29, 0.717) is 22.2 Å². The van der Waals surface area contributed by atoms with Gasteiger partial charge in [-0.3, -0.25) is 4.90 Å². The van der Waals surface area contributed by atoms with Crippen molar-refractivity contribution in [2.24, 2.45) is 0 Å². The number of piperidine rings is 1. The van der Waals surface area contributed by atoms with Gasteiger partial charge in [0.25, 0.3) is 0 Å². The summed E-state index contributed by atoms with van der Waals surface area (Å²) in [5, 5.41) is 8.79. The minimum Gasteiger partial charge on any atom is -0.367 e. The van der Waals surface area contributed by atoms with Crippen LogP contribution in [0.4, 0.5) is 5.82 Å². The molecular formula is C24H27BClN5. The Morgan fingerprint density at radius 1 is 1.26 bits per heavy atom. The number of hydrogen-bond donors (Lipinski definition) is 1. The van der Waals surface area contributed by atoms with E-state index < -0.39 is 0 Å². The molecule has 0 bridgehead atoms. The summed E-state index contributed by atoms with van der Waals surface area (Å²) in [6, 6.07) is 10.1. The zero-order valence-corrected chi connectivity index (χ0v) is 18.8. The fraction of sp³-hybridized carbons (Fsp3) is 0.333. The molecule has 1 aromatic carbocycles. The van der Waals surface area contributed by atoms with Crippen molar-refractivity contribution in [1.82, 2.24) is 19.5 Å². The number of rotatable bonds is 6. The number of aromatic nitrogens is 3. The number of fused-ring (bicyclic) bond motifs is 1. The molecule has 3 aromatic rings. The van der Waals surface area contributed by atoms with Crippen molar-refractivity contribution in [3.05, 3.63) is 65.4 Å². The molecule has 0 atom stereocenters. The summed E-state index contributed by atoms with van der Waals surface area (Å²) in [5.41, 5.74) is 4.22. The first-order valence-electron chi connectivity index (χ1n) is 10.7. The van der Waals surface area contributed by atoms with Crippen LogP contribution in [0.15, 0.2) is 60.3 Å². The molecule has 1 N–H and O–H groups in total. The van der Waals surface area contributed by atoms with E-state index in [4.69, 9.17) is 24.4 Å². The second kappa shape index (κ2) is 9.71. The van der Waals surface area contributed by atoms with Crippen LogP contribution in [-0.4, -0.2) is 53.0 Å². The van der Waals surface area contributed by atoms with Gasteiger partial charge in [-0.15, -0.1) is 0 Å². The molecule has 7 heteroatoms. The summed E-state index contributed by atoms with van der Waals surface area (Å²) in [6.45, 7) is 7.27. The van der Waals surface area contributed by atoms with Gasteiger partial charge in [-0.1, -0.05) is 48.0 Å². The van der Waals surface area contributed by atoms with Crippen molar-refractivity contribution in [2.75, 3.05) is 25.0 Å². The van der Waals surface area contributed by atoms with Crippen LogP contribution in [0.1, 0.15) is 26.7 Å². The van der Waals surface area contributed by atoms with Crippen molar-refractivity contribution < 1.29 is 0 Å². The van der Waals surface area contributed by atoms with Crippen molar-refractivity contribution in [2.45, 2.75) is 32.7 Å². The molecule has 4 rings (SSSR count). The summed E-state index contributed by atoms with van der Waals surface area (Å²) in [5.74, 6) is 0.887. The third-order valence-corrected chi connectivity index (χ3v) is 6.08. The highest BCUT2D eigenvalue weighted by Crippen LogP contribution is 2.29. The lowest BCUT2D eigenvalue weighted by Crippen LogP contribution is -2.40. The first kappa shape index (κ1) is 21.7. The van der Waals surface area contributed by atoms with E-state index in [2.05, 4.69) is 47.4 Å². The van der Waals surface area contributed by atoms with E-state index in [0.717, 1.165) is 49.6 Å². The SMILES string of the molecule is [B]c1cnn2c(NC3CCN(CC(/C=C\C)=C/C)CC3)cc(-c3ccccc3Cl)nc12. The van der Waals surface area contributed by atoms with Crippen LogP contribution in [0.5, 0.6) is 0 Å². The maximum atomic E-state index is 6.43. The van der Waals surface area contributed by atoms with Gasteiger partial charge in [0.05, 0.1) is 5.69 Å². The molecule has 0 saturated carbocycles. The van der Waals surface area contributed by atoms with Crippen LogP contribution in [0.3, 0.4) is 0 Å². The van der Waals surface area contributed by atoms with Gasteiger partial charge in [0.2, 0.25) is 0 Å². The maximum absolute atomic E-state index is 6.43. The van der Waals surface area contributed by atoms with E-state index >= 15 is 0 Å². The van der Waals surface area contributed by atoms with Crippen LogP contribution in [0.25, 0.3) is 16.9 Å². The average Bonchev–Trinajstić information content (AvgIpc) is 3.16. The number of likely N-dealkylation sites (tertiary alicyclic amines) is 1. The number of nitrogens with zero attached hydrogens (tertiary/aromatic N) is 4. The van der Waals surface area contributed by atoms with Gasteiger partial charge in [-0.2, -0.15) is 9.61 Å². The van der Waals surface area contributed by atoms with E-state index in [1.807, 2.05) is 30.3 Å². The predicted molar refractivity (Wildman–Crippen MR) is 130 cm³/mol. The number of allylic oxidation sites excluding steroid dienone is 2. The lowest BCUT2D eigenvalue weighted by Gasteiger charge is -2.33. The van der Waals surface area contributed by atoms with E-state index in [9.17, 15) is 0 Å². The van der Waals surface area contributed by atoms with E-state index in [-0.39, 0.29) is 0 Å². The van der Waals surface area contributed by atoms with Crippen LogP contribution in [0.2, 0.25) is 5.02 Å². The summed E-state index contributed by atoms with van der Waals surface area (Å²) in [6.07, 6.45) is 10.3.